The fraction of sp³-hybridized carbons (Fsp3) is 0.600. The van der Waals surface area contributed by atoms with Crippen LogP contribution < -0.4 is 5.32 Å². The van der Waals surface area contributed by atoms with Crippen molar-refractivity contribution < 1.29 is 0 Å². The Kier molecular flexibility index (Phi) is 2.35. The summed E-state index contributed by atoms with van der Waals surface area (Å²) < 4.78 is 0. The van der Waals surface area contributed by atoms with Crippen molar-refractivity contribution in [2.75, 3.05) is 5.32 Å². The van der Waals surface area contributed by atoms with Gasteiger partial charge in [0.05, 0.1) is 17.4 Å². The summed E-state index contributed by atoms with van der Waals surface area (Å²) in [5.74, 6) is 1.41. The van der Waals surface area contributed by atoms with Crippen LogP contribution in [0.25, 0.3) is 0 Å². The lowest BCUT2D eigenvalue weighted by atomic mass is 9.99. The van der Waals surface area contributed by atoms with Gasteiger partial charge in [0.1, 0.15) is 0 Å². The number of aromatic nitrogens is 2. The quantitative estimate of drug-likeness (QED) is 0.836. The molecule has 3 nitrogen and oxygen atoms in total. The highest BCUT2D eigenvalue weighted by Crippen LogP contribution is 2.40. The van der Waals surface area contributed by atoms with Gasteiger partial charge in [0.2, 0.25) is 5.95 Å². The zero-order valence-electron chi connectivity index (χ0n) is 8.42. The number of hydrogen-bond acceptors (Lipinski definition) is 3. The van der Waals surface area contributed by atoms with Gasteiger partial charge < -0.3 is 5.32 Å². The highest BCUT2D eigenvalue weighted by molar-refractivity contribution is 6.30. The Morgan fingerprint density at radius 1 is 1.36 bits per heavy atom. The Morgan fingerprint density at radius 2 is 1.93 bits per heavy atom. The molecule has 1 N–H and O–H groups in total. The molecule has 2 rings (SSSR count). The van der Waals surface area contributed by atoms with Crippen molar-refractivity contribution in [2.24, 2.45) is 5.92 Å². The molecule has 1 fully saturated rings. The fourth-order valence-corrected chi connectivity index (χ4v) is 1.67. The van der Waals surface area contributed by atoms with Gasteiger partial charge >= 0.3 is 0 Å². The maximum absolute atomic E-state index is 5.71. The Balaban J connectivity index is 2.06. The molecule has 0 aliphatic heterocycles. The van der Waals surface area contributed by atoms with Crippen LogP contribution in [0.3, 0.4) is 0 Å². The van der Waals surface area contributed by atoms with Crippen molar-refractivity contribution in [2.45, 2.75) is 32.2 Å². The summed E-state index contributed by atoms with van der Waals surface area (Å²) in [4.78, 5) is 8.24. The van der Waals surface area contributed by atoms with E-state index in [1.807, 2.05) is 0 Å². The summed E-state index contributed by atoms with van der Waals surface area (Å²) in [6, 6.07) is 0. The van der Waals surface area contributed by atoms with Gasteiger partial charge in [-0.1, -0.05) is 11.6 Å². The van der Waals surface area contributed by atoms with Gasteiger partial charge in [0, 0.05) is 5.54 Å². The second kappa shape index (κ2) is 3.39. The molecule has 0 unspecified atom stereocenters. The third kappa shape index (κ3) is 2.15. The van der Waals surface area contributed by atoms with E-state index in [0.717, 1.165) is 5.92 Å². The lowest BCUT2D eigenvalue weighted by Gasteiger charge is -2.25. The van der Waals surface area contributed by atoms with E-state index in [4.69, 9.17) is 11.6 Å². The molecule has 0 amide bonds. The van der Waals surface area contributed by atoms with Crippen LogP contribution in [0, 0.1) is 5.92 Å². The van der Waals surface area contributed by atoms with E-state index in [1.54, 1.807) is 12.4 Å². The second-order valence-corrected chi connectivity index (χ2v) is 4.78. The van der Waals surface area contributed by atoms with Crippen LogP contribution in [0.4, 0.5) is 5.95 Å². The smallest absolute Gasteiger partial charge is 0.223 e. The summed E-state index contributed by atoms with van der Waals surface area (Å²) in [6.07, 6.45) is 5.82. The summed E-state index contributed by atoms with van der Waals surface area (Å²) in [5.41, 5.74) is 0.0911. The van der Waals surface area contributed by atoms with Crippen molar-refractivity contribution in [3.63, 3.8) is 0 Å². The molecule has 0 aromatic carbocycles. The molecule has 0 radical (unpaired) electrons. The maximum atomic E-state index is 5.71. The average Bonchev–Trinajstić information content (AvgIpc) is 2.91. The Bertz CT molecular complexity index is 317. The Hall–Kier alpha value is -0.830. The number of nitrogens with zero attached hydrogens (tertiary/aromatic N) is 2. The van der Waals surface area contributed by atoms with Gasteiger partial charge in [-0.3, -0.25) is 0 Å². The standard InChI is InChI=1S/C10H14ClN3/c1-10(2,7-3-4-7)14-9-12-5-8(11)6-13-9/h5-7H,3-4H2,1-2H3,(H,12,13,14). The van der Waals surface area contributed by atoms with E-state index in [9.17, 15) is 0 Å². The molecule has 4 heteroatoms. The topological polar surface area (TPSA) is 37.8 Å². The van der Waals surface area contributed by atoms with Crippen LogP contribution in [0.1, 0.15) is 26.7 Å². The van der Waals surface area contributed by atoms with Crippen LogP contribution in [0.2, 0.25) is 5.02 Å². The first-order valence-electron chi connectivity index (χ1n) is 4.84. The molecular formula is C10H14ClN3. The van der Waals surface area contributed by atoms with Crippen LogP contribution >= 0.6 is 11.6 Å². The summed E-state index contributed by atoms with van der Waals surface area (Å²) in [6.45, 7) is 4.37. The minimum atomic E-state index is 0.0911. The van der Waals surface area contributed by atoms with E-state index < -0.39 is 0 Å². The number of hydrogen-bond donors (Lipinski definition) is 1. The van der Waals surface area contributed by atoms with Crippen molar-refractivity contribution in [1.82, 2.24) is 9.97 Å². The van der Waals surface area contributed by atoms with Crippen LogP contribution in [0.15, 0.2) is 12.4 Å². The van der Waals surface area contributed by atoms with Gasteiger partial charge in [-0.05, 0) is 32.6 Å². The van der Waals surface area contributed by atoms with Crippen molar-refractivity contribution in [1.29, 1.82) is 0 Å². The van der Waals surface area contributed by atoms with Crippen LogP contribution in [0.5, 0.6) is 0 Å². The summed E-state index contributed by atoms with van der Waals surface area (Å²) >= 11 is 5.71. The number of rotatable bonds is 3. The van der Waals surface area contributed by atoms with Gasteiger partial charge in [-0.15, -0.1) is 0 Å². The van der Waals surface area contributed by atoms with Gasteiger partial charge in [0.25, 0.3) is 0 Å². The molecule has 1 aromatic rings. The normalized spacial score (nSPS) is 16.8. The molecule has 76 valence electrons. The molecule has 14 heavy (non-hydrogen) atoms. The lowest BCUT2D eigenvalue weighted by molar-refractivity contribution is 0.490. The third-order valence-electron chi connectivity index (χ3n) is 2.65. The first-order chi connectivity index (χ1) is 6.58. The molecular weight excluding hydrogens is 198 g/mol. The first kappa shape index (κ1) is 9.71. The van der Waals surface area contributed by atoms with Crippen molar-refractivity contribution >= 4 is 17.5 Å². The highest BCUT2D eigenvalue weighted by atomic mass is 35.5. The minimum absolute atomic E-state index is 0.0911. The SMILES string of the molecule is CC(C)(Nc1ncc(Cl)cn1)C1CC1. The molecule has 0 spiro atoms. The molecule has 1 aromatic heterocycles. The third-order valence-corrected chi connectivity index (χ3v) is 2.85. The lowest BCUT2D eigenvalue weighted by Crippen LogP contribution is -2.34. The maximum Gasteiger partial charge on any atom is 0.223 e. The fourth-order valence-electron chi connectivity index (χ4n) is 1.57. The zero-order valence-corrected chi connectivity index (χ0v) is 9.17. The van der Waals surface area contributed by atoms with E-state index in [0.29, 0.717) is 11.0 Å². The van der Waals surface area contributed by atoms with E-state index in [-0.39, 0.29) is 5.54 Å². The van der Waals surface area contributed by atoms with E-state index in [2.05, 4.69) is 29.1 Å². The second-order valence-electron chi connectivity index (χ2n) is 4.35. The molecule has 0 atom stereocenters. The molecule has 1 aliphatic carbocycles. The molecule has 1 saturated carbocycles. The van der Waals surface area contributed by atoms with Crippen molar-refractivity contribution in [3.8, 4) is 0 Å². The number of anilines is 1. The summed E-state index contributed by atoms with van der Waals surface area (Å²) in [7, 11) is 0. The first-order valence-corrected chi connectivity index (χ1v) is 5.21. The van der Waals surface area contributed by atoms with Gasteiger partial charge in [-0.25, -0.2) is 9.97 Å². The predicted octanol–water partition coefficient (Wildman–Crippen LogP) is 2.73. The van der Waals surface area contributed by atoms with E-state index in [1.165, 1.54) is 12.8 Å². The van der Waals surface area contributed by atoms with Crippen molar-refractivity contribution in [3.05, 3.63) is 17.4 Å². The van der Waals surface area contributed by atoms with Crippen LogP contribution in [-0.4, -0.2) is 15.5 Å². The van der Waals surface area contributed by atoms with Crippen LogP contribution in [-0.2, 0) is 0 Å². The zero-order chi connectivity index (χ0) is 10.2. The largest absolute Gasteiger partial charge is 0.349 e. The minimum Gasteiger partial charge on any atom is -0.349 e. The molecule has 1 aliphatic rings. The summed E-state index contributed by atoms with van der Waals surface area (Å²) in [5, 5.41) is 3.90. The average molecular weight is 212 g/mol. The molecule has 0 saturated heterocycles. The van der Waals surface area contributed by atoms with Gasteiger partial charge in [0.15, 0.2) is 0 Å². The molecule has 0 bridgehead atoms. The Morgan fingerprint density at radius 3 is 2.43 bits per heavy atom. The Labute approximate surface area is 88.9 Å². The number of nitrogens with one attached hydrogen (secondary N) is 1. The monoisotopic (exact) mass is 211 g/mol. The highest BCUT2D eigenvalue weighted by Gasteiger charge is 2.38. The van der Waals surface area contributed by atoms with E-state index >= 15 is 0 Å². The molecule has 1 heterocycles. The predicted molar refractivity (Wildman–Crippen MR) is 57.5 cm³/mol. The van der Waals surface area contributed by atoms with Gasteiger partial charge in [-0.2, -0.15) is 0 Å². The number of halogens is 1.